The van der Waals surface area contributed by atoms with Crippen molar-refractivity contribution in [2.75, 3.05) is 67.5 Å². The second kappa shape index (κ2) is 37.2. The summed E-state index contributed by atoms with van der Waals surface area (Å²) in [7, 11) is 8.32. The molecule has 6 nitrogen and oxygen atoms in total. The molecule has 0 aromatic rings. The van der Waals surface area contributed by atoms with E-state index < -0.39 is 0 Å². The fraction of sp³-hybridized carbons (Fsp3) is 1.00. The predicted molar refractivity (Wildman–Crippen MR) is 83.9 cm³/mol. The molecule has 0 fully saturated rings. The van der Waals surface area contributed by atoms with Gasteiger partial charge in [-0.3, -0.25) is 0 Å². The quantitative estimate of drug-likeness (QED) is 0.241. The Kier molecular flexibility index (Phi) is 76.4. The van der Waals surface area contributed by atoms with Crippen LogP contribution in [0.2, 0.25) is 0 Å². The molecule has 0 amide bonds. The van der Waals surface area contributed by atoms with Crippen LogP contribution in [0.25, 0.3) is 0 Å². The van der Waals surface area contributed by atoms with Gasteiger partial charge in [0.1, 0.15) is 0 Å². The Morgan fingerprint density at radius 1 is 0.667 bits per heavy atom. The Hall–Kier alpha value is 0.834. The molecule has 0 aliphatic rings. The zero-order valence-corrected chi connectivity index (χ0v) is 16.9. The van der Waals surface area contributed by atoms with Gasteiger partial charge in [-0.1, -0.05) is 13.8 Å². The van der Waals surface area contributed by atoms with Gasteiger partial charge in [0.15, 0.2) is 0 Å². The van der Waals surface area contributed by atoms with Crippen LogP contribution in [0.4, 0.5) is 0 Å². The minimum Gasteiger partial charge on any atom is -1.00 e. The van der Waals surface area contributed by atoms with Gasteiger partial charge in [-0.15, -0.1) is 0 Å². The van der Waals surface area contributed by atoms with E-state index >= 15 is 0 Å². The summed E-state index contributed by atoms with van der Waals surface area (Å²) in [6.07, 6.45) is 0. The molecule has 8 N–H and O–H groups in total. The molecular formula is C12H38Cl2N4NiO2+2. The molecule has 0 aromatic carbocycles. The van der Waals surface area contributed by atoms with Crippen molar-refractivity contribution in [2.24, 2.45) is 0 Å². The molecule has 0 bridgehead atoms. The molecule has 140 valence electrons. The van der Waals surface area contributed by atoms with E-state index in [1.807, 2.05) is 0 Å². The first-order valence-electron chi connectivity index (χ1n) is 6.25. The average Bonchev–Trinajstić information content (AvgIpc) is 2.18. The molecule has 0 radical (unpaired) electrons. The third-order valence-electron chi connectivity index (χ3n) is 1.97. The molecule has 0 spiro atoms. The van der Waals surface area contributed by atoms with Crippen molar-refractivity contribution in [1.29, 1.82) is 0 Å². The topological polar surface area (TPSA) is 96.5 Å². The number of likely N-dealkylation sites (N-methyl/N-ethyl adjacent to an activating group) is 4. The van der Waals surface area contributed by atoms with Crippen LogP contribution in [-0.2, 0) is 27.4 Å². The van der Waals surface area contributed by atoms with Crippen LogP contribution in [-0.4, -0.2) is 77.3 Å². The van der Waals surface area contributed by atoms with Gasteiger partial charge >= 0.3 is 16.5 Å². The first-order chi connectivity index (χ1) is 7.54. The molecule has 0 atom stereocenters. The summed E-state index contributed by atoms with van der Waals surface area (Å²) >= 11 is 0. The van der Waals surface area contributed by atoms with Crippen molar-refractivity contribution < 1.29 is 52.3 Å². The minimum absolute atomic E-state index is 0. The first kappa shape index (κ1) is 43.1. The van der Waals surface area contributed by atoms with Gasteiger partial charge in [0.25, 0.3) is 0 Å². The number of hydrogen-bond donors (Lipinski definition) is 2. The average molecular weight is 400 g/mol. The summed E-state index contributed by atoms with van der Waals surface area (Å²) in [6.45, 7) is 10.9. The van der Waals surface area contributed by atoms with Crippen molar-refractivity contribution in [2.45, 2.75) is 13.8 Å². The van der Waals surface area contributed by atoms with Crippen LogP contribution in [0.1, 0.15) is 13.8 Å². The van der Waals surface area contributed by atoms with Crippen molar-refractivity contribution in [1.82, 2.24) is 20.4 Å². The maximum absolute atomic E-state index is 3.24. The summed E-state index contributed by atoms with van der Waals surface area (Å²) in [6, 6.07) is 0. The van der Waals surface area contributed by atoms with Crippen molar-refractivity contribution >= 4 is 0 Å². The van der Waals surface area contributed by atoms with Crippen LogP contribution >= 0.6 is 0 Å². The molecule has 9 heteroatoms. The molecule has 0 rings (SSSR count). The van der Waals surface area contributed by atoms with Crippen LogP contribution in [0.15, 0.2) is 0 Å². The molecule has 21 heavy (non-hydrogen) atoms. The Morgan fingerprint density at radius 3 is 1.05 bits per heavy atom. The molecule has 0 aliphatic heterocycles. The molecule has 0 aliphatic carbocycles. The van der Waals surface area contributed by atoms with Gasteiger partial charge in [0, 0.05) is 26.2 Å². The van der Waals surface area contributed by atoms with Crippen LogP contribution in [0, 0.1) is 0 Å². The fourth-order valence-corrected chi connectivity index (χ4v) is 0.959. The maximum atomic E-state index is 3.24. The largest absolute Gasteiger partial charge is 2.00 e. The number of nitrogens with zero attached hydrogens (tertiary/aromatic N) is 2. The SMILES string of the molecule is CCNCCN(C)C.CCNCCN(C)C.[Cl-].[Cl-].[Ni+2].[OH3+].[OH3+]. The van der Waals surface area contributed by atoms with Crippen molar-refractivity contribution in [3.05, 3.63) is 0 Å². The van der Waals surface area contributed by atoms with Crippen LogP contribution < -0.4 is 35.4 Å². The summed E-state index contributed by atoms with van der Waals surface area (Å²) in [5.74, 6) is 0. The second-order valence-electron chi connectivity index (χ2n) is 4.31. The van der Waals surface area contributed by atoms with Gasteiger partial charge < -0.3 is 56.2 Å². The summed E-state index contributed by atoms with van der Waals surface area (Å²) in [5.41, 5.74) is 0. The zero-order chi connectivity index (χ0) is 12.8. The molecule has 0 saturated heterocycles. The molecule has 0 saturated carbocycles. The number of hydrogen-bond acceptors (Lipinski definition) is 4. The van der Waals surface area contributed by atoms with Crippen LogP contribution in [0.3, 0.4) is 0 Å². The molecule has 0 unspecified atom stereocenters. The normalized spacial score (nSPS) is 8.00. The first-order valence-corrected chi connectivity index (χ1v) is 6.25. The number of nitrogens with one attached hydrogen (secondary N) is 2. The van der Waals surface area contributed by atoms with Gasteiger partial charge in [-0.05, 0) is 41.3 Å². The second-order valence-corrected chi connectivity index (χ2v) is 4.31. The van der Waals surface area contributed by atoms with Crippen molar-refractivity contribution in [3.63, 3.8) is 0 Å². The predicted octanol–water partition coefficient (Wildman–Crippen LogP) is -7.52. The van der Waals surface area contributed by atoms with Gasteiger partial charge in [-0.25, -0.2) is 0 Å². The van der Waals surface area contributed by atoms with E-state index in [2.05, 4.69) is 62.5 Å². The summed E-state index contributed by atoms with van der Waals surface area (Å²) in [4.78, 5) is 4.34. The third-order valence-corrected chi connectivity index (χ3v) is 1.97. The summed E-state index contributed by atoms with van der Waals surface area (Å²) in [5, 5.41) is 6.48. The van der Waals surface area contributed by atoms with E-state index in [4.69, 9.17) is 0 Å². The van der Waals surface area contributed by atoms with Gasteiger partial charge in [-0.2, -0.15) is 0 Å². The minimum atomic E-state index is 0. The third kappa shape index (κ3) is 63.0. The standard InChI is InChI=1S/2C6H16N2.2ClH.Ni.2H2O/c2*1-4-7-5-6-8(2)3;;;;;/h2*7H,4-6H2,1-3H3;2*1H;;2*1H2/q;;;;+2;;. The van der Waals surface area contributed by atoms with E-state index in [0.29, 0.717) is 0 Å². The monoisotopic (exact) mass is 398 g/mol. The van der Waals surface area contributed by atoms with Gasteiger partial charge in [0.2, 0.25) is 0 Å². The smallest absolute Gasteiger partial charge is 1.00 e. The molecule has 0 heterocycles. The van der Waals surface area contributed by atoms with Crippen LogP contribution in [0.5, 0.6) is 0 Å². The Labute approximate surface area is 154 Å². The van der Waals surface area contributed by atoms with E-state index in [9.17, 15) is 0 Å². The van der Waals surface area contributed by atoms with E-state index in [0.717, 1.165) is 39.3 Å². The van der Waals surface area contributed by atoms with Crippen molar-refractivity contribution in [3.8, 4) is 0 Å². The fourth-order valence-electron chi connectivity index (χ4n) is 0.959. The number of rotatable bonds is 8. The Bertz CT molecular complexity index is 126. The Morgan fingerprint density at radius 2 is 0.905 bits per heavy atom. The number of halogens is 2. The van der Waals surface area contributed by atoms with E-state index in [1.54, 1.807) is 0 Å². The van der Waals surface area contributed by atoms with E-state index in [1.165, 1.54) is 0 Å². The maximum Gasteiger partial charge on any atom is 2.00 e. The Balaban J connectivity index is -0.0000000302. The summed E-state index contributed by atoms with van der Waals surface area (Å²) < 4.78 is 0. The van der Waals surface area contributed by atoms with Gasteiger partial charge in [0.05, 0.1) is 0 Å². The zero-order valence-electron chi connectivity index (χ0n) is 14.4. The van der Waals surface area contributed by atoms with E-state index in [-0.39, 0.29) is 52.3 Å². The molecule has 0 aromatic heterocycles. The molecular weight excluding hydrogens is 362 g/mol.